The molecule has 3 heteroatoms. The third-order valence-electron chi connectivity index (χ3n) is 0. The van der Waals surface area contributed by atoms with E-state index in [1.807, 2.05) is 0 Å². The maximum absolute atomic E-state index is 2.30. The normalized spacial score (nSPS) is 2.80. The first-order chi connectivity index (χ1) is 1.41. The zero-order valence-corrected chi connectivity index (χ0v) is 7.41. The van der Waals surface area contributed by atoms with Crippen molar-refractivity contribution in [1.29, 1.82) is 0 Å². The molecule has 0 saturated heterocycles. The van der Waals surface area contributed by atoms with Crippen LogP contribution in [0.1, 0.15) is 0 Å². The number of hydrogen-bond donors (Lipinski definition) is 0. The molecule has 5 heavy (non-hydrogen) atoms. The zero-order valence-electron chi connectivity index (χ0n) is 3.32. The average molecular weight is 194 g/mol. The van der Waals surface area contributed by atoms with Crippen LogP contribution in [0, 0.1) is 0 Å². The van der Waals surface area contributed by atoms with Crippen LogP contribution in [0.2, 0.25) is 9.26 Å². The maximum atomic E-state index is 2.30. The van der Waals surface area contributed by atoms with Crippen molar-refractivity contribution < 1.29 is 23.2 Å². The number of rotatable bonds is 0. The van der Waals surface area contributed by atoms with Crippen molar-refractivity contribution in [3.63, 3.8) is 0 Å². The summed E-state index contributed by atoms with van der Waals surface area (Å²) in [6.07, 6.45) is 0. The first-order valence-electron chi connectivity index (χ1n) is 1.00. The summed E-state index contributed by atoms with van der Waals surface area (Å²) >= 11 is 0.230. The van der Waals surface area contributed by atoms with E-state index in [2.05, 4.69) is 9.26 Å². The molecule has 0 aromatic heterocycles. The summed E-state index contributed by atoms with van der Waals surface area (Å²) in [5.74, 6) is 0. The summed E-state index contributed by atoms with van der Waals surface area (Å²) in [6.45, 7) is 0. The Hall–Kier alpha value is 1.46. The van der Waals surface area contributed by atoms with Gasteiger partial charge in [-0.2, -0.15) is 0 Å². The van der Waals surface area contributed by atoms with Crippen molar-refractivity contribution in [3.05, 3.63) is 0 Å². The van der Waals surface area contributed by atoms with Gasteiger partial charge in [-0.15, -0.1) is 24.8 Å². The topological polar surface area (TPSA) is 0 Å². The molecule has 0 unspecified atom stereocenters. The molecule has 0 N–H and O–H groups in total. The van der Waals surface area contributed by atoms with Gasteiger partial charge in [-0.3, -0.25) is 0 Å². The van der Waals surface area contributed by atoms with Gasteiger partial charge in [-0.05, 0) is 0 Å². The summed E-state index contributed by atoms with van der Waals surface area (Å²) in [4.78, 5) is 0. The third kappa shape index (κ3) is 30.6. The molecule has 34 valence electrons. The molecule has 0 fully saturated rings. The second kappa shape index (κ2) is 17.9. The van der Waals surface area contributed by atoms with E-state index in [1.54, 1.807) is 0 Å². The predicted octanol–water partition coefficient (Wildman–Crippen LogP) is 2.01. The van der Waals surface area contributed by atoms with Crippen molar-refractivity contribution in [1.82, 2.24) is 0 Å². The Balaban J connectivity index is -0.0000000200. The molecule has 0 bridgehead atoms. The van der Waals surface area contributed by atoms with E-state index in [4.69, 9.17) is 0 Å². The molecular formula is C2H8Cl2Zr. The summed E-state index contributed by atoms with van der Waals surface area (Å²) < 4.78 is 4.59. The molecule has 0 aliphatic heterocycles. The minimum absolute atomic E-state index is 0. The van der Waals surface area contributed by atoms with Crippen LogP contribution in [0.25, 0.3) is 0 Å². The molecule has 0 aromatic rings. The Kier molecular flexibility index (Phi) is 57.7. The SMILES string of the molecule is Cl.Cl.[CH3][Zr][CH3]. The van der Waals surface area contributed by atoms with Crippen LogP contribution >= 0.6 is 24.8 Å². The average Bonchev–Trinajstić information content (AvgIpc) is 0.918. The van der Waals surface area contributed by atoms with Gasteiger partial charge < -0.3 is 0 Å². The predicted molar refractivity (Wildman–Crippen MR) is 26.2 cm³/mol. The van der Waals surface area contributed by atoms with Gasteiger partial charge in [-0.25, -0.2) is 0 Å². The summed E-state index contributed by atoms with van der Waals surface area (Å²) in [5.41, 5.74) is 0. The van der Waals surface area contributed by atoms with Gasteiger partial charge in [0.05, 0.1) is 0 Å². The second-order valence-corrected chi connectivity index (χ2v) is 2.96. The standard InChI is InChI=1S/2CH3.2ClH.Zr/h2*1H3;2*1H;. The van der Waals surface area contributed by atoms with Crippen molar-refractivity contribution in [3.8, 4) is 0 Å². The van der Waals surface area contributed by atoms with Crippen LogP contribution in [0.3, 0.4) is 0 Å². The Bertz CT molecular complexity index is 7.61. The first kappa shape index (κ1) is 16.1. The fourth-order valence-corrected chi connectivity index (χ4v) is 0. The van der Waals surface area contributed by atoms with E-state index in [9.17, 15) is 0 Å². The molecule has 0 heterocycles. The Morgan fingerprint density at radius 1 is 1.00 bits per heavy atom. The molecule has 0 spiro atoms. The van der Waals surface area contributed by atoms with E-state index in [0.29, 0.717) is 0 Å². The Morgan fingerprint density at radius 2 is 1.00 bits per heavy atom. The first-order valence-corrected chi connectivity index (χ1v) is 5.92. The minimum atomic E-state index is 0. The van der Waals surface area contributed by atoms with Gasteiger partial charge in [0.25, 0.3) is 0 Å². The fraction of sp³-hybridized carbons (Fsp3) is 1.00. The number of halogens is 2. The van der Waals surface area contributed by atoms with Crippen molar-refractivity contribution >= 4 is 24.8 Å². The third-order valence-corrected chi connectivity index (χ3v) is 0. The summed E-state index contributed by atoms with van der Waals surface area (Å²) in [6, 6.07) is 0. The zero-order chi connectivity index (χ0) is 2.71. The quantitative estimate of drug-likeness (QED) is 0.553. The van der Waals surface area contributed by atoms with Gasteiger partial charge in [0.2, 0.25) is 0 Å². The van der Waals surface area contributed by atoms with Gasteiger partial charge >= 0.3 is 32.5 Å². The Labute approximate surface area is 57.1 Å². The van der Waals surface area contributed by atoms with E-state index in [-0.39, 0.29) is 48.0 Å². The fourth-order valence-electron chi connectivity index (χ4n) is 0. The van der Waals surface area contributed by atoms with Crippen LogP contribution in [-0.4, -0.2) is 0 Å². The van der Waals surface area contributed by atoms with E-state index < -0.39 is 0 Å². The molecule has 0 radical (unpaired) electrons. The molecule has 0 aromatic carbocycles. The van der Waals surface area contributed by atoms with Crippen LogP contribution in [-0.2, 0) is 23.2 Å². The Morgan fingerprint density at radius 3 is 1.00 bits per heavy atom. The summed E-state index contributed by atoms with van der Waals surface area (Å²) in [5, 5.41) is 0. The van der Waals surface area contributed by atoms with Crippen molar-refractivity contribution in [2.24, 2.45) is 0 Å². The van der Waals surface area contributed by atoms with Crippen LogP contribution < -0.4 is 0 Å². The molecule has 0 saturated carbocycles. The van der Waals surface area contributed by atoms with Gasteiger partial charge in [0, 0.05) is 0 Å². The molecule has 0 aliphatic rings. The molecular weight excluding hydrogens is 186 g/mol. The molecule has 0 nitrogen and oxygen atoms in total. The van der Waals surface area contributed by atoms with Crippen LogP contribution in [0.5, 0.6) is 0 Å². The molecule has 0 aliphatic carbocycles. The summed E-state index contributed by atoms with van der Waals surface area (Å²) in [7, 11) is 0. The second-order valence-electron chi connectivity index (χ2n) is 0.500. The molecule has 0 rings (SSSR count). The van der Waals surface area contributed by atoms with E-state index in [1.165, 1.54) is 0 Å². The van der Waals surface area contributed by atoms with E-state index >= 15 is 0 Å². The van der Waals surface area contributed by atoms with Crippen molar-refractivity contribution in [2.75, 3.05) is 0 Å². The monoisotopic (exact) mass is 192 g/mol. The van der Waals surface area contributed by atoms with Gasteiger partial charge in [-0.1, -0.05) is 0 Å². The van der Waals surface area contributed by atoms with Crippen LogP contribution in [0.4, 0.5) is 0 Å². The van der Waals surface area contributed by atoms with Gasteiger partial charge in [0.15, 0.2) is 0 Å². The van der Waals surface area contributed by atoms with Gasteiger partial charge in [0.1, 0.15) is 0 Å². The number of hydrogen-bond acceptors (Lipinski definition) is 0. The van der Waals surface area contributed by atoms with E-state index in [0.717, 1.165) is 0 Å². The van der Waals surface area contributed by atoms with Crippen LogP contribution in [0.15, 0.2) is 0 Å². The van der Waals surface area contributed by atoms with Crippen molar-refractivity contribution in [2.45, 2.75) is 9.26 Å². The molecule has 0 amide bonds. The molecule has 0 atom stereocenters.